The van der Waals surface area contributed by atoms with Crippen molar-refractivity contribution >= 4 is 122 Å². The Balaban J connectivity index is 1.28. The van der Waals surface area contributed by atoms with E-state index < -0.39 is 215 Å². The summed E-state index contributed by atoms with van der Waals surface area (Å²) in [4.78, 5) is 2.32. The first-order chi connectivity index (χ1) is 39.5. The van der Waals surface area contributed by atoms with Crippen LogP contribution in [0.25, 0.3) is 69.8 Å². The van der Waals surface area contributed by atoms with E-state index in [0.717, 1.165) is 9.47 Å². The minimum absolute atomic E-state index is 0.137. The highest BCUT2D eigenvalue weighted by atomic mass is 32.1. The Labute approximate surface area is 370 Å². The molecule has 57 heavy (non-hydrogen) atoms. The molecule has 0 spiro atoms. The zero-order valence-corrected chi connectivity index (χ0v) is 29.6. The third-order valence-corrected chi connectivity index (χ3v) is 11.7. The average molecular weight is 771 g/mol. The van der Waals surface area contributed by atoms with Crippen LogP contribution < -0.4 is 26.4 Å². The number of rotatable bonds is 2. The van der Waals surface area contributed by atoms with Gasteiger partial charge in [0.15, 0.2) is 0 Å². The molecule has 6 heterocycles. The van der Waals surface area contributed by atoms with Crippen LogP contribution in [0.2, 0.25) is 0 Å². The van der Waals surface area contributed by atoms with Crippen LogP contribution in [0.15, 0.2) is 168 Å². The molecule has 0 unspecified atom stereocenters. The maximum absolute atomic E-state index is 10.3. The van der Waals surface area contributed by atoms with Crippen LogP contribution in [-0.2, 0) is 0 Å². The topological polar surface area (TPSA) is 24.6 Å². The number of thiophene rings is 1. The normalized spacial score (nSPS) is 20.2. The van der Waals surface area contributed by atoms with E-state index in [-0.39, 0.29) is 81.2 Å². The maximum Gasteiger partial charge on any atom is 0.297 e. The van der Waals surface area contributed by atoms with Crippen molar-refractivity contribution in [3.8, 4) is 16.8 Å². The Morgan fingerprint density at radius 1 is 0.544 bits per heavy atom. The van der Waals surface area contributed by atoms with E-state index in [0.29, 0.717) is 11.3 Å². The molecule has 264 valence electrons. The molecular formula is C51H30BN3OS. The van der Waals surface area contributed by atoms with Gasteiger partial charge in [0.2, 0.25) is 0 Å². The van der Waals surface area contributed by atoms with Gasteiger partial charge in [0, 0.05) is 47.7 Å². The summed E-state index contributed by atoms with van der Waals surface area (Å²) in [6.07, 6.45) is 0. The third-order valence-electron chi connectivity index (χ3n) is 10.7. The van der Waals surface area contributed by atoms with E-state index in [9.17, 15) is 23.3 Å². The lowest BCUT2D eigenvalue weighted by atomic mass is 9.35. The van der Waals surface area contributed by atoms with Gasteiger partial charge < -0.3 is 18.8 Å². The highest BCUT2D eigenvalue weighted by Crippen LogP contribution is 2.54. The molecule has 14 rings (SSSR count). The van der Waals surface area contributed by atoms with Gasteiger partial charge in [0.25, 0.3) is 6.71 Å². The second-order valence-corrected chi connectivity index (χ2v) is 14.6. The van der Waals surface area contributed by atoms with Crippen LogP contribution in [0, 0.1) is 6.92 Å². The quantitative estimate of drug-likeness (QED) is 0.164. The van der Waals surface area contributed by atoms with Crippen molar-refractivity contribution in [1.82, 2.24) is 4.57 Å². The largest absolute Gasteiger partial charge is 0.468 e. The van der Waals surface area contributed by atoms with Crippen molar-refractivity contribution in [1.29, 1.82) is 0 Å². The van der Waals surface area contributed by atoms with Crippen molar-refractivity contribution in [2.75, 3.05) is 9.80 Å². The Bertz CT molecular complexity index is 5140. The molecule has 0 radical (unpaired) electrons. The lowest BCUT2D eigenvalue weighted by Gasteiger charge is -2.45. The van der Waals surface area contributed by atoms with E-state index in [1.54, 1.807) is 0 Å². The number of para-hydroxylation sites is 3. The van der Waals surface area contributed by atoms with Gasteiger partial charge in [-0.05, 0) is 95.0 Å². The number of benzene rings is 8. The minimum Gasteiger partial charge on any atom is -0.468 e. The van der Waals surface area contributed by atoms with Crippen LogP contribution in [0.5, 0.6) is 0 Å². The van der Waals surface area contributed by atoms with Crippen LogP contribution in [0.3, 0.4) is 0 Å². The molecule has 0 fully saturated rings. The van der Waals surface area contributed by atoms with Crippen LogP contribution in [0.4, 0.5) is 34.1 Å². The monoisotopic (exact) mass is 770 g/mol. The average Bonchev–Trinajstić information content (AvgIpc) is 1.26. The first-order valence-electron chi connectivity index (χ1n) is 30.9. The number of furan rings is 1. The summed E-state index contributed by atoms with van der Waals surface area (Å²) in [7, 11) is 0. The number of anilines is 6. The highest BCUT2D eigenvalue weighted by molar-refractivity contribution is 7.26. The van der Waals surface area contributed by atoms with Crippen molar-refractivity contribution in [2.45, 2.75) is 6.92 Å². The predicted octanol–water partition coefficient (Wildman–Crippen LogP) is 12.3. The van der Waals surface area contributed by atoms with Crippen molar-refractivity contribution < 1.29 is 41.4 Å². The molecular weight excluding hydrogens is 713 g/mol. The van der Waals surface area contributed by atoms with Crippen molar-refractivity contribution in [3.63, 3.8) is 0 Å². The first-order valence-corrected chi connectivity index (χ1v) is 18.3. The Kier molecular flexibility index (Phi) is 2.76. The number of hydrogen-bond acceptors (Lipinski definition) is 4. The van der Waals surface area contributed by atoms with Crippen LogP contribution in [-0.4, -0.2) is 11.3 Å². The van der Waals surface area contributed by atoms with Gasteiger partial charge in [0.1, 0.15) is 5.58 Å². The van der Waals surface area contributed by atoms with Crippen LogP contribution >= 0.6 is 11.3 Å². The van der Waals surface area contributed by atoms with E-state index >= 15 is 0 Å². The number of fused-ring (bicyclic) bond motifs is 14. The molecule has 3 aliphatic rings. The summed E-state index contributed by atoms with van der Waals surface area (Å²) >= 11 is 0.682. The van der Waals surface area contributed by atoms with E-state index in [2.05, 4.69) is 0 Å². The SMILES string of the molecule is [2H]c1c([2H])c([2H])c(-c2c([2H])c([2H])c3oc4c(c3c2[2H])N(c2c([2H])c([2H])c([2H])c3sc5c([2H])c([2H])c([2H])c([2H])c5c23)c2c([2H])c(C)c([2H])c3c2B4c2c([2H])c([2H])c([2H])c4c2N3c2c([2H])c([2H])c([2H])c3c5c([2H])c([2H])c([2H])c([2H])c5n-4c23)c([2H])c1[2H]. The highest BCUT2D eigenvalue weighted by Gasteiger charge is 2.49. The molecule has 0 bridgehead atoms. The summed E-state index contributed by atoms with van der Waals surface area (Å²) < 4.78 is 259. The Morgan fingerprint density at radius 2 is 1.25 bits per heavy atom. The predicted molar refractivity (Wildman–Crippen MR) is 241 cm³/mol. The summed E-state index contributed by atoms with van der Waals surface area (Å²) in [5.74, 6) is 0. The van der Waals surface area contributed by atoms with Crippen molar-refractivity contribution in [3.05, 3.63) is 169 Å². The molecule has 3 aliphatic heterocycles. The molecule has 8 aromatic carbocycles. The number of hydrogen-bond donors (Lipinski definition) is 0. The van der Waals surface area contributed by atoms with Crippen LogP contribution in [0.1, 0.15) is 42.6 Å². The minimum atomic E-state index is -1.80. The molecule has 0 saturated heterocycles. The molecule has 0 atom stereocenters. The summed E-state index contributed by atoms with van der Waals surface area (Å²) in [6.45, 7) is -0.462. The number of aromatic nitrogens is 1. The molecule has 0 saturated carbocycles. The lowest BCUT2D eigenvalue weighted by Crippen LogP contribution is -2.61. The summed E-state index contributed by atoms with van der Waals surface area (Å²) in [5.41, 5.74) is -6.64. The summed E-state index contributed by atoms with van der Waals surface area (Å²) in [6, 6.07) is -20.3. The fourth-order valence-electron chi connectivity index (χ4n) is 8.63. The third kappa shape index (κ3) is 3.74. The van der Waals surface area contributed by atoms with Crippen molar-refractivity contribution in [2.24, 2.45) is 0 Å². The Hall–Kier alpha value is -7.02. The molecule has 6 heteroatoms. The second-order valence-electron chi connectivity index (χ2n) is 13.6. The summed E-state index contributed by atoms with van der Waals surface area (Å²) in [5, 5.41) is -1.68. The molecule has 0 aliphatic carbocycles. The fraction of sp³-hybridized carbons (Fsp3) is 0.0196. The Morgan fingerprint density at radius 3 is 2.14 bits per heavy atom. The van der Waals surface area contributed by atoms with E-state index in [1.807, 2.05) is 0 Å². The maximum atomic E-state index is 10.3. The van der Waals surface area contributed by atoms with Gasteiger partial charge >= 0.3 is 0 Å². The smallest absolute Gasteiger partial charge is 0.297 e. The molecule has 11 aromatic rings. The molecule has 0 amide bonds. The van der Waals surface area contributed by atoms with Gasteiger partial charge in [-0.25, -0.2) is 0 Å². The van der Waals surface area contributed by atoms with Gasteiger partial charge in [-0.2, -0.15) is 0 Å². The standard InChI is InChI=1S/C51H30BN3OS/c1-29-26-41-47-42(27-29)55-39-20-9-16-33-32-14-5-7-18-37(32)53(48(33)39)40-21-10-17-36(50(40)55)52(47)51-49(35-28-31(24-25-43(35)56-51)30-12-3-2-4-13-30)54(41)38-19-11-23-45-46(38)34-15-6-8-22-44(34)57-45/h2-28H,1H3/i2D,3D,4D,5D,6D,7D,8D,9D,10D,11D,12D,13D,14D,15D,16D,17D,18D,19D,20D,21D,22D,23D,24D,25D,26D,27D,28D. The molecule has 4 nitrogen and oxygen atoms in total. The molecule has 3 aromatic heterocycles. The van der Waals surface area contributed by atoms with Gasteiger partial charge in [-0.1, -0.05) is 103 Å². The van der Waals surface area contributed by atoms with Gasteiger partial charge in [-0.15, -0.1) is 11.3 Å². The zero-order chi connectivity index (χ0) is 60.6. The lowest BCUT2D eigenvalue weighted by molar-refractivity contribution is 0.651. The second kappa shape index (κ2) is 10.6. The van der Waals surface area contributed by atoms with E-state index in [4.69, 9.17) is 18.1 Å². The number of nitrogens with zero attached hydrogens (tertiary/aromatic N) is 3. The molecule has 0 N–H and O–H groups in total. The fourth-order valence-corrected chi connectivity index (χ4v) is 9.59. The van der Waals surface area contributed by atoms with Gasteiger partial charge in [0.05, 0.1) is 82.1 Å². The zero-order valence-electron chi connectivity index (χ0n) is 55.7. The van der Waals surface area contributed by atoms with Gasteiger partial charge in [-0.3, -0.25) is 0 Å². The first kappa shape index (κ1) is 14.8. The van der Waals surface area contributed by atoms with E-state index in [1.165, 1.54) is 11.8 Å².